The highest BCUT2D eigenvalue weighted by molar-refractivity contribution is 5.39. The lowest BCUT2D eigenvalue weighted by Gasteiger charge is -2.35. The van der Waals surface area contributed by atoms with Gasteiger partial charge in [-0.2, -0.15) is 0 Å². The minimum Gasteiger partial charge on any atom is -0.493 e. The van der Waals surface area contributed by atoms with Crippen LogP contribution in [0, 0.1) is 11.8 Å². The van der Waals surface area contributed by atoms with Gasteiger partial charge in [-0.1, -0.05) is 19.1 Å². The van der Waals surface area contributed by atoms with Crippen molar-refractivity contribution in [1.82, 2.24) is 14.9 Å². The average molecular weight is 413 g/mol. The van der Waals surface area contributed by atoms with Gasteiger partial charge in [0.2, 0.25) is 5.95 Å². The second-order valence-electron chi connectivity index (χ2n) is 8.40. The Morgan fingerprint density at radius 2 is 1.80 bits per heavy atom. The molecule has 30 heavy (non-hydrogen) atoms. The molecule has 0 unspecified atom stereocenters. The molecule has 2 N–H and O–H groups in total. The van der Waals surface area contributed by atoms with Crippen molar-refractivity contribution in [1.29, 1.82) is 0 Å². The number of rotatable bonds is 8. The highest BCUT2D eigenvalue weighted by Gasteiger charge is 2.42. The highest BCUT2D eigenvalue weighted by Crippen LogP contribution is 2.39. The topological polar surface area (TPSA) is 79.7 Å². The summed E-state index contributed by atoms with van der Waals surface area (Å²) in [7, 11) is 1.64. The number of para-hydroxylation sites is 2. The largest absolute Gasteiger partial charge is 0.493 e. The number of nitrogens with one attached hydrogen (secondary N) is 1. The van der Waals surface area contributed by atoms with Crippen LogP contribution >= 0.6 is 0 Å². The molecule has 4 atom stereocenters. The van der Waals surface area contributed by atoms with Crippen LogP contribution in [-0.4, -0.2) is 58.9 Å². The van der Waals surface area contributed by atoms with E-state index in [-0.39, 0.29) is 6.10 Å². The fourth-order valence-corrected chi connectivity index (χ4v) is 4.65. The van der Waals surface area contributed by atoms with Crippen LogP contribution in [0.25, 0.3) is 0 Å². The molecule has 0 radical (unpaired) electrons. The zero-order chi connectivity index (χ0) is 20.9. The van der Waals surface area contributed by atoms with Gasteiger partial charge in [0, 0.05) is 44.1 Å². The lowest BCUT2D eigenvalue weighted by molar-refractivity contribution is -0.0240. The number of benzene rings is 1. The fraction of sp³-hybridized carbons (Fsp3) is 0.565. The Balaban J connectivity index is 1.34. The summed E-state index contributed by atoms with van der Waals surface area (Å²) in [5.74, 6) is 3.13. The number of hydrogen-bond donors (Lipinski definition) is 2. The summed E-state index contributed by atoms with van der Waals surface area (Å²) in [6.07, 6.45) is 5.85. The van der Waals surface area contributed by atoms with Crippen LogP contribution < -0.4 is 14.8 Å². The van der Waals surface area contributed by atoms with Gasteiger partial charge in [0.05, 0.1) is 13.2 Å². The molecular weight excluding hydrogens is 380 g/mol. The van der Waals surface area contributed by atoms with Crippen LogP contribution in [0.3, 0.4) is 0 Å². The molecule has 4 rings (SSSR count). The van der Waals surface area contributed by atoms with Crippen LogP contribution in [0.2, 0.25) is 0 Å². The lowest BCUT2D eigenvalue weighted by Crippen LogP contribution is -2.42. The third kappa shape index (κ3) is 4.84. The quantitative estimate of drug-likeness (QED) is 0.690. The minimum atomic E-state index is -0.455. The van der Waals surface area contributed by atoms with Gasteiger partial charge in [-0.15, -0.1) is 0 Å². The maximum absolute atomic E-state index is 10.7. The molecule has 1 aliphatic heterocycles. The zero-order valence-corrected chi connectivity index (χ0v) is 17.8. The molecule has 0 amide bonds. The molecule has 2 aliphatic rings. The molecule has 2 aromatic rings. The summed E-state index contributed by atoms with van der Waals surface area (Å²) in [5, 5.41) is 13.9. The number of hydrogen-bond acceptors (Lipinski definition) is 7. The van der Waals surface area contributed by atoms with Crippen LogP contribution in [0.5, 0.6) is 11.5 Å². The molecule has 1 saturated heterocycles. The summed E-state index contributed by atoms with van der Waals surface area (Å²) in [6.45, 7) is 5.86. The van der Waals surface area contributed by atoms with Gasteiger partial charge in [0.15, 0.2) is 11.5 Å². The number of methoxy groups -OCH3 is 1. The monoisotopic (exact) mass is 412 g/mol. The van der Waals surface area contributed by atoms with Gasteiger partial charge in [0.1, 0.15) is 6.10 Å². The second kappa shape index (κ2) is 9.62. The van der Waals surface area contributed by atoms with E-state index < -0.39 is 6.10 Å². The average Bonchev–Trinajstić information content (AvgIpc) is 3.14. The molecule has 2 fully saturated rings. The van der Waals surface area contributed by atoms with Crippen LogP contribution in [0.1, 0.15) is 31.7 Å². The standard InChI is InChI=1S/C23H32N4O3/c1-3-8-24-23-25-11-16(12-26-23)13-27-14-17-9-19(28)22(10-18(17)15-27)30-21-7-5-4-6-20(21)29-2/h4-7,11-12,17-19,22,28H,3,8-10,13-15H2,1-2H3,(H,24,25,26)/t17-,18+,19+,22+/m0/s1. The Kier molecular flexibility index (Phi) is 6.69. The number of aliphatic hydroxyl groups excluding tert-OH is 1. The molecule has 1 saturated carbocycles. The van der Waals surface area contributed by atoms with Gasteiger partial charge in [-0.3, -0.25) is 4.90 Å². The second-order valence-corrected chi connectivity index (χ2v) is 8.40. The number of nitrogens with zero attached hydrogens (tertiary/aromatic N) is 3. The molecule has 1 aliphatic carbocycles. The first-order chi connectivity index (χ1) is 14.7. The van der Waals surface area contributed by atoms with Crippen LogP contribution in [-0.2, 0) is 6.54 Å². The number of fused-ring (bicyclic) bond motifs is 1. The lowest BCUT2D eigenvalue weighted by atomic mass is 9.78. The van der Waals surface area contributed by atoms with Crippen molar-refractivity contribution in [2.24, 2.45) is 11.8 Å². The van der Waals surface area contributed by atoms with Crippen molar-refractivity contribution in [2.45, 2.75) is 44.9 Å². The number of aliphatic hydroxyl groups is 1. The normalized spacial score (nSPS) is 26.2. The van der Waals surface area contributed by atoms with E-state index in [1.807, 2.05) is 36.7 Å². The molecule has 7 heteroatoms. The summed E-state index contributed by atoms with van der Waals surface area (Å²) in [4.78, 5) is 11.3. The third-order valence-corrected chi connectivity index (χ3v) is 6.15. The molecule has 7 nitrogen and oxygen atoms in total. The molecule has 0 bridgehead atoms. The minimum absolute atomic E-state index is 0.199. The first-order valence-corrected chi connectivity index (χ1v) is 10.9. The first kappa shape index (κ1) is 20.9. The number of anilines is 1. The molecule has 0 spiro atoms. The number of ether oxygens (including phenoxy) is 2. The van der Waals surface area contributed by atoms with Gasteiger partial charge >= 0.3 is 0 Å². The molecular formula is C23H32N4O3. The summed E-state index contributed by atoms with van der Waals surface area (Å²) < 4.78 is 11.6. The van der Waals surface area contributed by atoms with Gasteiger partial charge in [-0.05, 0) is 43.2 Å². The van der Waals surface area contributed by atoms with E-state index in [9.17, 15) is 5.11 Å². The Morgan fingerprint density at radius 1 is 1.10 bits per heavy atom. The molecule has 162 valence electrons. The Bertz CT molecular complexity index is 816. The van der Waals surface area contributed by atoms with E-state index in [2.05, 4.69) is 27.1 Å². The van der Waals surface area contributed by atoms with Gasteiger partial charge in [0.25, 0.3) is 0 Å². The van der Waals surface area contributed by atoms with Crippen molar-refractivity contribution < 1.29 is 14.6 Å². The van der Waals surface area contributed by atoms with Crippen molar-refractivity contribution in [3.8, 4) is 11.5 Å². The Hall–Kier alpha value is -2.38. The van der Waals surface area contributed by atoms with Gasteiger partial charge in [-0.25, -0.2) is 9.97 Å². The fourth-order valence-electron chi connectivity index (χ4n) is 4.65. The van der Waals surface area contributed by atoms with E-state index >= 15 is 0 Å². The number of aromatic nitrogens is 2. The Labute approximate surface area is 178 Å². The third-order valence-electron chi connectivity index (χ3n) is 6.15. The Morgan fingerprint density at radius 3 is 2.50 bits per heavy atom. The highest BCUT2D eigenvalue weighted by atomic mass is 16.5. The predicted octanol–water partition coefficient (Wildman–Crippen LogP) is 2.96. The van der Waals surface area contributed by atoms with Crippen molar-refractivity contribution in [3.63, 3.8) is 0 Å². The zero-order valence-electron chi connectivity index (χ0n) is 17.8. The van der Waals surface area contributed by atoms with E-state index in [1.165, 1.54) is 0 Å². The van der Waals surface area contributed by atoms with Crippen molar-refractivity contribution >= 4 is 5.95 Å². The molecule has 1 aromatic heterocycles. The SMILES string of the molecule is CCCNc1ncc(CN2C[C@H]3C[C@@H](Oc4ccccc4OC)[C@H](O)C[C@H]3C2)cn1. The van der Waals surface area contributed by atoms with Crippen LogP contribution in [0.4, 0.5) is 5.95 Å². The summed E-state index contributed by atoms with van der Waals surface area (Å²) in [5.41, 5.74) is 1.12. The molecule has 2 heterocycles. The van der Waals surface area contributed by atoms with E-state index in [4.69, 9.17) is 9.47 Å². The molecule has 1 aromatic carbocycles. The van der Waals surface area contributed by atoms with E-state index in [0.29, 0.717) is 29.3 Å². The first-order valence-electron chi connectivity index (χ1n) is 10.9. The number of likely N-dealkylation sites (tertiary alicyclic amines) is 1. The van der Waals surface area contributed by atoms with Crippen molar-refractivity contribution in [3.05, 3.63) is 42.2 Å². The van der Waals surface area contributed by atoms with Crippen LogP contribution in [0.15, 0.2) is 36.7 Å². The smallest absolute Gasteiger partial charge is 0.222 e. The van der Waals surface area contributed by atoms with Gasteiger partial charge < -0.3 is 19.9 Å². The van der Waals surface area contributed by atoms with Crippen molar-refractivity contribution in [2.75, 3.05) is 32.1 Å². The maximum atomic E-state index is 10.7. The van der Waals surface area contributed by atoms with E-state index in [0.717, 1.165) is 51.0 Å². The maximum Gasteiger partial charge on any atom is 0.222 e. The summed E-state index contributed by atoms with van der Waals surface area (Å²) >= 11 is 0. The van der Waals surface area contributed by atoms with E-state index in [1.54, 1.807) is 7.11 Å². The summed E-state index contributed by atoms with van der Waals surface area (Å²) in [6, 6.07) is 7.63. The predicted molar refractivity (Wildman–Crippen MR) is 116 cm³/mol.